The first-order valence-corrected chi connectivity index (χ1v) is 9.31. The van der Waals surface area contributed by atoms with Crippen LogP contribution < -0.4 is 10.1 Å². The molecule has 2 fully saturated rings. The van der Waals surface area contributed by atoms with E-state index in [1.807, 2.05) is 17.9 Å². The maximum absolute atomic E-state index is 6.00. The van der Waals surface area contributed by atoms with Crippen molar-refractivity contribution in [3.05, 3.63) is 47.8 Å². The fraction of sp³-hybridized carbons (Fsp3) is 0.550. The van der Waals surface area contributed by atoms with Crippen molar-refractivity contribution in [3.8, 4) is 5.75 Å². The topological polar surface area (TPSA) is 48.3 Å². The highest BCUT2D eigenvalue weighted by Gasteiger charge is 2.30. The zero-order chi connectivity index (χ0) is 17.1. The zero-order valence-corrected chi connectivity index (χ0v) is 14.9. The van der Waals surface area contributed by atoms with Crippen LogP contribution in [0.2, 0.25) is 0 Å². The van der Waals surface area contributed by atoms with Gasteiger partial charge in [-0.2, -0.15) is 5.10 Å². The molecule has 25 heavy (non-hydrogen) atoms. The summed E-state index contributed by atoms with van der Waals surface area (Å²) in [5.74, 6) is 2.29. The van der Waals surface area contributed by atoms with E-state index in [2.05, 4.69) is 40.9 Å². The van der Waals surface area contributed by atoms with Gasteiger partial charge in [0.05, 0.1) is 18.9 Å². The molecule has 2 aliphatic rings. The van der Waals surface area contributed by atoms with E-state index in [1.54, 1.807) is 0 Å². The van der Waals surface area contributed by atoms with Crippen molar-refractivity contribution in [2.45, 2.75) is 31.9 Å². The van der Waals surface area contributed by atoms with Gasteiger partial charge in [-0.1, -0.05) is 18.2 Å². The van der Waals surface area contributed by atoms with Crippen LogP contribution in [0.1, 0.15) is 36.5 Å². The maximum Gasteiger partial charge on any atom is 0.123 e. The summed E-state index contributed by atoms with van der Waals surface area (Å²) in [7, 11) is 1.95. The van der Waals surface area contributed by atoms with Crippen molar-refractivity contribution in [2.24, 2.45) is 18.9 Å². The summed E-state index contributed by atoms with van der Waals surface area (Å²) in [5.41, 5.74) is 2.42. The normalized spacial score (nSPS) is 23.1. The molecule has 134 valence electrons. The number of aryl methyl sites for hydroxylation is 1. The lowest BCUT2D eigenvalue weighted by Crippen LogP contribution is -2.24. The minimum absolute atomic E-state index is 0.155. The Morgan fingerprint density at radius 2 is 2.16 bits per heavy atom. The molecule has 1 aliphatic carbocycles. The Bertz CT molecular complexity index is 696. The second-order valence-corrected chi connectivity index (χ2v) is 7.28. The van der Waals surface area contributed by atoms with Gasteiger partial charge >= 0.3 is 0 Å². The van der Waals surface area contributed by atoms with Crippen molar-refractivity contribution in [3.63, 3.8) is 0 Å². The Morgan fingerprint density at radius 3 is 2.96 bits per heavy atom. The van der Waals surface area contributed by atoms with Gasteiger partial charge in [0.15, 0.2) is 0 Å². The molecule has 1 saturated heterocycles. The Balaban J connectivity index is 1.31. The van der Waals surface area contributed by atoms with Gasteiger partial charge < -0.3 is 14.8 Å². The number of ether oxygens (including phenoxy) is 2. The summed E-state index contributed by atoms with van der Waals surface area (Å²) in [6, 6.07) is 8.36. The predicted octanol–water partition coefficient (Wildman–Crippen LogP) is 3.08. The van der Waals surface area contributed by atoms with Crippen LogP contribution in [0.15, 0.2) is 36.7 Å². The first-order chi connectivity index (χ1) is 12.3. The molecule has 1 N–H and O–H groups in total. The average Bonchev–Trinajstić information content (AvgIpc) is 3.17. The first-order valence-electron chi connectivity index (χ1n) is 9.31. The van der Waals surface area contributed by atoms with Crippen molar-refractivity contribution < 1.29 is 9.47 Å². The van der Waals surface area contributed by atoms with Crippen molar-refractivity contribution >= 4 is 0 Å². The van der Waals surface area contributed by atoms with Crippen LogP contribution in [0.5, 0.6) is 5.75 Å². The highest BCUT2D eigenvalue weighted by molar-refractivity contribution is 5.33. The molecule has 1 saturated carbocycles. The fourth-order valence-corrected chi connectivity index (χ4v) is 3.47. The highest BCUT2D eigenvalue weighted by Crippen LogP contribution is 2.34. The van der Waals surface area contributed by atoms with E-state index in [-0.39, 0.29) is 6.10 Å². The minimum Gasteiger partial charge on any atom is -0.493 e. The summed E-state index contributed by atoms with van der Waals surface area (Å²) in [4.78, 5) is 0. The second kappa shape index (κ2) is 7.58. The summed E-state index contributed by atoms with van der Waals surface area (Å²) in [5, 5.41) is 7.88. The molecule has 2 atom stereocenters. The molecule has 1 aromatic heterocycles. The first kappa shape index (κ1) is 16.6. The Labute approximate surface area is 149 Å². The minimum atomic E-state index is 0.155. The van der Waals surface area contributed by atoms with Crippen molar-refractivity contribution in [1.29, 1.82) is 0 Å². The number of rotatable bonds is 8. The van der Waals surface area contributed by atoms with E-state index in [9.17, 15) is 0 Å². The molecule has 0 unspecified atom stereocenters. The van der Waals surface area contributed by atoms with Crippen LogP contribution in [0, 0.1) is 11.8 Å². The summed E-state index contributed by atoms with van der Waals surface area (Å²) < 4.78 is 13.8. The molecule has 5 nitrogen and oxygen atoms in total. The zero-order valence-electron chi connectivity index (χ0n) is 14.9. The smallest absolute Gasteiger partial charge is 0.123 e. The number of nitrogens with zero attached hydrogens (tertiary/aromatic N) is 2. The van der Waals surface area contributed by atoms with E-state index >= 15 is 0 Å². The van der Waals surface area contributed by atoms with Gasteiger partial charge in [0.2, 0.25) is 0 Å². The second-order valence-electron chi connectivity index (χ2n) is 7.28. The monoisotopic (exact) mass is 341 g/mol. The molecule has 0 amide bonds. The quantitative estimate of drug-likeness (QED) is 0.802. The van der Waals surface area contributed by atoms with Gasteiger partial charge in [-0.25, -0.2) is 0 Å². The third kappa shape index (κ3) is 4.22. The lowest BCUT2D eigenvalue weighted by atomic mass is 9.97. The van der Waals surface area contributed by atoms with Crippen LogP contribution in [-0.4, -0.2) is 29.5 Å². The number of hydrogen-bond donors (Lipinski definition) is 1. The largest absolute Gasteiger partial charge is 0.493 e. The molecule has 2 heterocycles. The predicted molar refractivity (Wildman–Crippen MR) is 96.4 cm³/mol. The third-order valence-corrected chi connectivity index (χ3v) is 5.13. The number of hydrogen-bond acceptors (Lipinski definition) is 4. The lowest BCUT2D eigenvalue weighted by Gasteiger charge is -2.18. The molecule has 2 aromatic rings. The van der Waals surface area contributed by atoms with Gasteiger partial charge in [-0.15, -0.1) is 0 Å². The molecule has 1 aliphatic heterocycles. The Morgan fingerprint density at radius 1 is 1.28 bits per heavy atom. The fourth-order valence-electron chi connectivity index (χ4n) is 3.47. The van der Waals surface area contributed by atoms with Crippen LogP contribution in [0.3, 0.4) is 0 Å². The molecule has 4 rings (SSSR count). The molecular weight excluding hydrogens is 314 g/mol. The summed E-state index contributed by atoms with van der Waals surface area (Å²) in [6.45, 7) is 3.46. The van der Waals surface area contributed by atoms with Crippen molar-refractivity contribution in [1.82, 2.24) is 15.1 Å². The highest BCUT2D eigenvalue weighted by atomic mass is 16.5. The lowest BCUT2D eigenvalue weighted by molar-refractivity contribution is 0.0904. The Hall–Kier alpha value is -1.85. The van der Waals surface area contributed by atoms with E-state index in [0.29, 0.717) is 5.92 Å². The number of nitrogens with one attached hydrogen (secondary N) is 1. The van der Waals surface area contributed by atoms with Gasteiger partial charge in [0.25, 0.3) is 0 Å². The standard InChI is InChI=1S/C20H27N3O2/c1-23-13-18(12-22-23)20-17(8-9-24-20)11-21-10-16-4-2-3-5-19(16)25-14-15-6-7-15/h2-5,12-13,15,17,20-21H,6-11,14H2,1H3/t17-,20+/m0/s1. The SMILES string of the molecule is Cn1cc([C@@H]2OCC[C@H]2CNCc2ccccc2OCC2CC2)cn1. The van der Waals surface area contributed by atoms with Crippen LogP contribution in [0.4, 0.5) is 0 Å². The van der Waals surface area contributed by atoms with Crippen LogP contribution in [-0.2, 0) is 18.3 Å². The van der Waals surface area contributed by atoms with E-state index in [4.69, 9.17) is 9.47 Å². The molecular formula is C20H27N3O2. The molecule has 1 aromatic carbocycles. The molecule has 0 spiro atoms. The van der Waals surface area contributed by atoms with E-state index in [1.165, 1.54) is 24.0 Å². The molecule has 0 radical (unpaired) electrons. The third-order valence-electron chi connectivity index (χ3n) is 5.13. The summed E-state index contributed by atoms with van der Waals surface area (Å²) in [6.07, 6.45) is 7.86. The van der Waals surface area contributed by atoms with Gasteiger partial charge in [-0.3, -0.25) is 4.68 Å². The Kier molecular flexibility index (Phi) is 5.04. The van der Waals surface area contributed by atoms with Crippen LogP contribution >= 0.6 is 0 Å². The number of aromatic nitrogens is 2. The van der Waals surface area contributed by atoms with E-state index < -0.39 is 0 Å². The van der Waals surface area contributed by atoms with Crippen LogP contribution in [0.25, 0.3) is 0 Å². The number of benzene rings is 1. The van der Waals surface area contributed by atoms with Crippen molar-refractivity contribution in [2.75, 3.05) is 19.8 Å². The summed E-state index contributed by atoms with van der Waals surface area (Å²) >= 11 is 0. The maximum atomic E-state index is 6.00. The number of para-hydroxylation sites is 1. The molecule has 5 heteroatoms. The van der Waals surface area contributed by atoms with Gasteiger partial charge in [0.1, 0.15) is 5.75 Å². The van der Waals surface area contributed by atoms with E-state index in [0.717, 1.165) is 44.4 Å². The van der Waals surface area contributed by atoms with Gasteiger partial charge in [0, 0.05) is 50.0 Å². The van der Waals surface area contributed by atoms with Gasteiger partial charge in [-0.05, 0) is 31.2 Å². The molecule has 0 bridgehead atoms. The average molecular weight is 341 g/mol.